The summed E-state index contributed by atoms with van der Waals surface area (Å²) in [5.41, 5.74) is 4.34. The summed E-state index contributed by atoms with van der Waals surface area (Å²) in [5, 5.41) is 7.22. The molecule has 0 radical (unpaired) electrons. The first kappa shape index (κ1) is 18.6. The maximum absolute atomic E-state index is 12.5. The smallest absolute Gasteiger partial charge is 0.279 e. The monoisotopic (exact) mass is 358 g/mol. The molecule has 0 aliphatic carbocycles. The highest BCUT2D eigenvalue weighted by molar-refractivity contribution is 5.93. The molecule has 6 nitrogen and oxygen atoms in total. The van der Waals surface area contributed by atoms with Crippen molar-refractivity contribution in [3.05, 3.63) is 46.8 Å². The van der Waals surface area contributed by atoms with Crippen LogP contribution in [0.15, 0.2) is 28.8 Å². The lowest BCUT2D eigenvalue weighted by molar-refractivity contribution is -1.02. The number of hydrogen-bond donors (Lipinski definition) is 3. The van der Waals surface area contributed by atoms with Crippen molar-refractivity contribution in [1.82, 2.24) is 5.16 Å². The lowest BCUT2D eigenvalue weighted by Gasteiger charge is -2.29. The van der Waals surface area contributed by atoms with Crippen LogP contribution in [0.3, 0.4) is 0 Å². The summed E-state index contributed by atoms with van der Waals surface area (Å²) in [6.07, 6.45) is 0.924. The van der Waals surface area contributed by atoms with Crippen LogP contribution in [0, 0.1) is 13.8 Å². The number of benzene rings is 1. The van der Waals surface area contributed by atoms with Crippen LogP contribution in [0.5, 0.6) is 0 Å². The fourth-order valence-electron chi connectivity index (χ4n) is 3.68. The predicted molar refractivity (Wildman–Crippen MR) is 100 cm³/mol. The molecule has 1 aromatic heterocycles. The lowest BCUT2D eigenvalue weighted by atomic mass is 10.1. The van der Waals surface area contributed by atoms with E-state index in [0.717, 1.165) is 61.8 Å². The van der Waals surface area contributed by atoms with Crippen molar-refractivity contribution in [2.45, 2.75) is 33.7 Å². The maximum atomic E-state index is 12.5. The molecule has 0 bridgehead atoms. The van der Waals surface area contributed by atoms with E-state index < -0.39 is 0 Å². The third-order valence-corrected chi connectivity index (χ3v) is 5.19. The Morgan fingerprint density at radius 1 is 1.19 bits per heavy atom. The number of nitrogens with zero attached hydrogens (tertiary/aromatic N) is 1. The van der Waals surface area contributed by atoms with Gasteiger partial charge in [0, 0.05) is 11.8 Å². The van der Waals surface area contributed by atoms with Crippen LogP contribution in [0.2, 0.25) is 0 Å². The zero-order valence-electron chi connectivity index (χ0n) is 16.0. The number of carbonyl (C=O) groups is 1. The van der Waals surface area contributed by atoms with Gasteiger partial charge in [-0.25, -0.2) is 0 Å². The highest BCUT2D eigenvalue weighted by Gasteiger charge is 2.26. The van der Waals surface area contributed by atoms with E-state index >= 15 is 0 Å². The lowest BCUT2D eigenvalue weighted by Crippen LogP contribution is -3.28. The van der Waals surface area contributed by atoms with Crippen LogP contribution in [-0.4, -0.2) is 43.8 Å². The van der Waals surface area contributed by atoms with E-state index in [1.165, 1.54) is 15.4 Å². The second-order valence-electron chi connectivity index (χ2n) is 7.29. The topological polar surface area (TPSA) is 64.0 Å². The summed E-state index contributed by atoms with van der Waals surface area (Å²) in [6, 6.07) is 8.19. The summed E-state index contributed by atoms with van der Waals surface area (Å²) in [4.78, 5) is 15.4. The number of quaternary nitrogens is 2. The quantitative estimate of drug-likeness (QED) is 0.669. The van der Waals surface area contributed by atoms with E-state index in [9.17, 15) is 4.79 Å². The zero-order chi connectivity index (χ0) is 18.5. The van der Waals surface area contributed by atoms with Gasteiger partial charge >= 0.3 is 0 Å². The largest absolute Gasteiger partial charge is 0.361 e. The van der Waals surface area contributed by atoms with Gasteiger partial charge in [0.1, 0.15) is 44.2 Å². The van der Waals surface area contributed by atoms with Gasteiger partial charge in [-0.15, -0.1) is 0 Å². The maximum Gasteiger partial charge on any atom is 0.279 e. The molecule has 1 aliphatic heterocycles. The van der Waals surface area contributed by atoms with Gasteiger partial charge in [-0.05, 0) is 31.4 Å². The van der Waals surface area contributed by atoms with Crippen LogP contribution in [-0.2, 0) is 17.8 Å². The first-order valence-corrected chi connectivity index (χ1v) is 9.52. The van der Waals surface area contributed by atoms with Crippen LogP contribution in [0.25, 0.3) is 0 Å². The molecule has 6 heteroatoms. The summed E-state index contributed by atoms with van der Waals surface area (Å²) in [6.45, 7) is 11.7. The Hall–Kier alpha value is -2.18. The van der Waals surface area contributed by atoms with Crippen LogP contribution >= 0.6 is 0 Å². The van der Waals surface area contributed by atoms with Gasteiger partial charge in [-0.2, -0.15) is 0 Å². The van der Waals surface area contributed by atoms with E-state index in [0.29, 0.717) is 6.54 Å². The summed E-state index contributed by atoms with van der Waals surface area (Å²) >= 11 is 0. The van der Waals surface area contributed by atoms with Gasteiger partial charge in [0.05, 0.1) is 0 Å². The van der Waals surface area contributed by atoms with Crippen molar-refractivity contribution in [2.75, 3.05) is 38.0 Å². The van der Waals surface area contributed by atoms with E-state index in [-0.39, 0.29) is 5.91 Å². The minimum Gasteiger partial charge on any atom is -0.361 e. The van der Waals surface area contributed by atoms with Crippen molar-refractivity contribution in [3.8, 4) is 0 Å². The Labute approximate surface area is 155 Å². The number of amides is 1. The number of rotatable bonds is 6. The molecule has 140 valence electrons. The number of anilines is 1. The molecule has 0 spiro atoms. The number of hydrogen-bond acceptors (Lipinski definition) is 3. The van der Waals surface area contributed by atoms with Gasteiger partial charge in [-0.3, -0.25) is 4.79 Å². The number of carbonyl (C=O) groups excluding carboxylic acids is 1. The van der Waals surface area contributed by atoms with E-state index in [1.54, 1.807) is 0 Å². The number of aromatic nitrogens is 1. The molecule has 1 fully saturated rings. The second kappa shape index (κ2) is 8.47. The van der Waals surface area contributed by atoms with Gasteiger partial charge in [-0.1, -0.05) is 30.3 Å². The Morgan fingerprint density at radius 3 is 2.58 bits per heavy atom. The van der Waals surface area contributed by atoms with Crippen molar-refractivity contribution in [2.24, 2.45) is 0 Å². The molecule has 0 atom stereocenters. The molecule has 3 N–H and O–H groups in total. The Balaban J connectivity index is 1.48. The molecular weight excluding hydrogens is 328 g/mol. The molecule has 1 saturated heterocycles. The molecule has 1 aliphatic rings. The van der Waals surface area contributed by atoms with Gasteiger partial charge in [0.15, 0.2) is 6.54 Å². The molecule has 2 heterocycles. The Kier molecular flexibility index (Phi) is 6.06. The Bertz CT molecular complexity index is 748. The van der Waals surface area contributed by atoms with E-state index in [2.05, 4.69) is 36.5 Å². The average molecular weight is 358 g/mol. The van der Waals surface area contributed by atoms with Crippen LogP contribution in [0.4, 0.5) is 5.69 Å². The minimum absolute atomic E-state index is 0.111. The van der Waals surface area contributed by atoms with Gasteiger partial charge in [0.2, 0.25) is 0 Å². The van der Waals surface area contributed by atoms with Crippen LogP contribution < -0.4 is 15.1 Å². The first-order chi connectivity index (χ1) is 12.5. The predicted octanol–water partition coefficient (Wildman–Crippen LogP) is -0.224. The summed E-state index contributed by atoms with van der Waals surface area (Å²) in [7, 11) is 0. The molecular formula is C20H30N4O2+2. The molecule has 0 unspecified atom stereocenters. The van der Waals surface area contributed by atoms with Crippen molar-refractivity contribution in [3.63, 3.8) is 0 Å². The average Bonchev–Trinajstić information content (AvgIpc) is 3.03. The fourth-order valence-corrected chi connectivity index (χ4v) is 3.68. The molecule has 26 heavy (non-hydrogen) atoms. The number of nitrogens with one attached hydrogen (secondary N) is 3. The number of piperazine rings is 1. The highest BCUT2D eigenvalue weighted by Crippen LogP contribution is 2.20. The van der Waals surface area contributed by atoms with Crippen molar-refractivity contribution < 1.29 is 19.1 Å². The molecule has 1 aromatic carbocycles. The Morgan fingerprint density at radius 2 is 1.92 bits per heavy atom. The minimum atomic E-state index is 0.111. The fraction of sp³-hybridized carbons (Fsp3) is 0.500. The third kappa shape index (κ3) is 4.71. The van der Waals surface area contributed by atoms with Crippen LogP contribution in [0.1, 0.15) is 29.5 Å². The highest BCUT2D eigenvalue weighted by atomic mass is 16.5. The third-order valence-electron chi connectivity index (χ3n) is 5.19. The van der Waals surface area contributed by atoms with E-state index in [4.69, 9.17) is 4.52 Å². The molecule has 2 aromatic rings. The molecule has 1 amide bonds. The molecule has 3 rings (SSSR count). The SMILES string of the molecule is CCc1cccc(C)c1NC(=O)C[NH+]1CC[NH+](Cc2cc(C)on2)CC1. The van der Waals surface area contributed by atoms with Crippen molar-refractivity contribution in [1.29, 1.82) is 0 Å². The van der Waals surface area contributed by atoms with Gasteiger partial charge in [0.25, 0.3) is 5.91 Å². The first-order valence-electron chi connectivity index (χ1n) is 9.52. The number of para-hydroxylation sites is 1. The number of aryl methyl sites for hydroxylation is 3. The van der Waals surface area contributed by atoms with E-state index in [1.807, 2.05) is 19.1 Å². The normalized spacial score (nSPS) is 20.1. The van der Waals surface area contributed by atoms with Gasteiger partial charge < -0.3 is 19.6 Å². The zero-order valence-corrected chi connectivity index (χ0v) is 16.0. The van der Waals surface area contributed by atoms with Crippen molar-refractivity contribution >= 4 is 11.6 Å². The second-order valence-corrected chi connectivity index (χ2v) is 7.29. The summed E-state index contributed by atoms with van der Waals surface area (Å²) < 4.78 is 5.14. The standard InChI is InChI=1S/C20H28N4O2/c1-4-17-7-5-6-15(2)20(17)21-19(25)14-24-10-8-23(9-11-24)13-18-12-16(3)26-22-18/h5-7,12H,4,8-11,13-14H2,1-3H3,(H,21,25)/p+2. The summed E-state index contributed by atoms with van der Waals surface area (Å²) in [5.74, 6) is 0.975. The molecule has 0 saturated carbocycles.